The van der Waals surface area contributed by atoms with Crippen LogP contribution in [0.3, 0.4) is 0 Å². The molecule has 0 radical (unpaired) electrons. The Morgan fingerprint density at radius 1 is 1.53 bits per heavy atom. The monoisotopic (exact) mass is 204 g/mol. The van der Waals surface area contributed by atoms with Crippen molar-refractivity contribution < 1.29 is 0 Å². The predicted molar refractivity (Wildman–Crippen MR) is 65.5 cm³/mol. The third-order valence-electron chi connectivity index (χ3n) is 3.42. The molecular formula is C13H20N2. The fourth-order valence-electron chi connectivity index (χ4n) is 2.41. The number of nitrogens with zero attached hydrogens (tertiary/aromatic N) is 1. The van der Waals surface area contributed by atoms with Gasteiger partial charge < -0.3 is 10.6 Å². The lowest BCUT2D eigenvalue weighted by molar-refractivity contribution is 0.593. The molecule has 0 saturated heterocycles. The van der Waals surface area contributed by atoms with E-state index < -0.39 is 0 Å². The molecule has 0 aliphatic carbocycles. The van der Waals surface area contributed by atoms with Gasteiger partial charge >= 0.3 is 0 Å². The van der Waals surface area contributed by atoms with Gasteiger partial charge in [-0.25, -0.2) is 0 Å². The van der Waals surface area contributed by atoms with Crippen LogP contribution in [0.4, 0.5) is 5.69 Å². The molecule has 0 saturated carbocycles. The molecule has 15 heavy (non-hydrogen) atoms. The van der Waals surface area contributed by atoms with Gasteiger partial charge in [-0.2, -0.15) is 0 Å². The molecule has 1 aliphatic heterocycles. The van der Waals surface area contributed by atoms with Crippen molar-refractivity contribution in [1.82, 2.24) is 0 Å². The Morgan fingerprint density at radius 2 is 2.27 bits per heavy atom. The van der Waals surface area contributed by atoms with E-state index in [2.05, 4.69) is 44.0 Å². The topological polar surface area (TPSA) is 29.3 Å². The summed E-state index contributed by atoms with van der Waals surface area (Å²) in [6.45, 7) is 5.35. The minimum absolute atomic E-state index is 0.237. The van der Waals surface area contributed by atoms with E-state index in [0.29, 0.717) is 5.92 Å². The van der Waals surface area contributed by atoms with Crippen LogP contribution in [-0.4, -0.2) is 19.6 Å². The predicted octanol–water partition coefficient (Wildman–Crippen LogP) is 2.13. The SMILES string of the molecule is CCc1ccc2c(c1)C(C(C)N)CN2C. The fraction of sp³-hybridized carbons (Fsp3) is 0.538. The lowest BCUT2D eigenvalue weighted by atomic mass is 9.93. The summed E-state index contributed by atoms with van der Waals surface area (Å²) < 4.78 is 0. The van der Waals surface area contributed by atoms with Gasteiger partial charge in [-0.3, -0.25) is 0 Å². The molecule has 1 aromatic carbocycles. The first-order chi connectivity index (χ1) is 7.13. The van der Waals surface area contributed by atoms with Gasteiger partial charge in [-0.15, -0.1) is 0 Å². The highest BCUT2D eigenvalue weighted by Crippen LogP contribution is 2.37. The van der Waals surface area contributed by atoms with Crippen molar-refractivity contribution in [3.63, 3.8) is 0 Å². The van der Waals surface area contributed by atoms with Crippen LogP contribution >= 0.6 is 0 Å². The highest BCUT2D eigenvalue weighted by atomic mass is 15.1. The zero-order chi connectivity index (χ0) is 11.0. The Bertz CT molecular complexity index is 358. The summed E-state index contributed by atoms with van der Waals surface area (Å²) in [4.78, 5) is 2.31. The second kappa shape index (κ2) is 3.86. The highest BCUT2D eigenvalue weighted by molar-refractivity contribution is 5.61. The van der Waals surface area contributed by atoms with Crippen molar-refractivity contribution in [2.45, 2.75) is 32.2 Å². The summed E-state index contributed by atoms with van der Waals surface area (Å²) in [6, 6.07) is 7.02. The Kier molecular flexibility index (Phi) is 2.70. The van der Waals surface area contributed by atoms with E-state index in [1.54, 1.807) is 0 Å². The summed E-state index contributed by atoms with van der Waals surface area (Å²) in [5.41, 5.74) is 10.2. The standard InChI is InChI=1S/C13H20N2/c1-4-10-5-6-13-11(7-10)12(9(2)14)8-15(13)3/h5-7,9,12H,4,8,14H2,1-3H3. The number of likely N-dealkylation sites (N-methyl/N-ethyl adjacent to an activating group) is 1. The molecule has 82 valence electrons. The molecule has 2 atom stereocenters. The van der Waals surface area contributed by atoms with Gasteiger partial charge in [0.15, 0.2) is 0 Å². The van der Waals surface area contributed by atoms with Gasteiger partial charge in [-0.05, 0) is 30.5 Å². The summed E-state index contributed by atoms with van der Waals surface area (Å²) in [5.74, 6) is 0.497. The Labute approximate surface area is 92.1 Å². The van der Waals surface area contributed by atoms with Crippen molar-refractivity contribution in [2.24, 2.45) is 5.73 Å². The molecule has 2 rings (SSSR count). The maximum atomic E-state index is 6.04. The lowest BCUT2D eigenvalue weighted by Gasteiger charge is -2.15. The zero-order valence-electron chi connectivity index (χ0n) is 9.83. The molecule has 1 aliphatic rings. The number of nitrogens with two attached hydrogens (primary N) is 1. The highest BCUT2D eigenvalue weighted by Gasteiger charge is 2.28. The van der Waals surface area contributed by atoms with Gasteiger partial charge in [0.25, 0.3) is 0 Å². The first-order valence-corrected chi connectivity index (χ1v) is 5.73. The molecule has 0 spiro atoms. The minimum atomic E-state index is 0.237. The number of benzene rings is 1. The van der Waals surface area contributed by atoms with Crippen LogP contribution in [0.5, 0.6) is 0 Å². The van der Waals surface area contributed by atoms with Gasteiger partial charge in [0, 0.05) is 31.2 Å². The van der Waals surface area contributed by atoms with Crippen molar-refractivity contribution >= 4 is 5.69 Å². The van der Waals surface area contributed by atoms with Crippen LogP contribution < -0.4 is 10.6 Å². The summed E-state index contributed by atoms with van der Waals surface area (Å²) >= 11 is 0. The molecule has 1 heterocycles. The van der Waals surface area contributed by atoms with Crippen molar-refractivity contribution in [3.05, 3.63) is 29.3 Å². The number of anilines is 1. The summed E-state index contributed by atoms with van der Waals surface area (Å²) in [5, 5.41) is 0. The Balaban J connectivity index is 2.42. The molecule has 1 aromatic rings. The first kappa shape index (κ1) is 10.5. The normalized spacial score (nSPS) is 21.6. The lowest BCUT2D eigenvalue weighted by Crippen LogP contribution is -2.28. The van der Waals surface area contributed by atoms with Crippen LogP contribution in [0.2, 0.25) is 0 Å². The molecule has 2 unspecified atom stereocenters. The third-order valence-corrected chi connectivity index (χ3v) is 3.42. The van der Waals surface area contributed by atoms with E-state index in [1.165, 1.54) is 16.8 Å². The van der Waals surface area contributed by atoms with Crippen LogP contribution in [0.1, 0.15) is 30.9 Å². The van der Waals surface area contributed by atoms with Crippen LogP contribution in [0.25, 0.3) is 0 Å². The molecule has 0 amide bonds. The fourth-order valence-corrected chi connectivity index (χ4v) is 2.41. The number of hydrogen-bond acceptors (Lipinski definition) is 2. The quantitative estimate of drug-likeness (QED) is 0.799. The van der Waals surface area contributed by atoms with Crippen molar-refractivity contribution in [1.29, 1.82) is 0 Å². The molecular weight excluding hydrogens is 184 g/mol. The largest absolute Gasteiger partial charge is 0.374 e. The smallest absolute Gasteiger partial charge is 0.0400 e. The van der Waals surface area contributed by atoms with Gasteiger partial charge in [0.1, 0.15) is 0 Å². The van der Waals surface area contributed by atoms with Crippen molar-refractivity contribution in [3.8, 4) is 0 Å². The van der Waals surface area contributed by atoms with E-state index in [9.17, 15) is 0 Å². The molecule has 0 bridgehead atoms. The maximum Gasteiger partial charge on any atom is 0.0400 e. The zero-order valence-corrected chi connectivity index (χ0v) is 9.83. The second-order valence-electron chi connectivity index (χ2n) is 4.59. The van der Waals surface area contributed by atoms with E-state index in [-0.39, 0.29) is 6.04 Å². The minimum Gasteiger partial charge on any atom is -0.374 e. The summed E-state index contributed by atoms with van der Waals surface area (Å²) in [7, 11) is 2.15. The Morgan fingerprint density at radius 3 is 2.87 bits per heavy atom. The van der Waals surface area contributed by atoms with Crippen LogP contribution in [-0.2, 0) is 6.42 Å². The summed E-state index contributed by atoms with van der Waals surface area (Å²) in [6.07, 6.45) is 1.10. The van der Waals surface area contributed by atoms with Gasteiger partial charge in [0.2, 0.25) is 0 Å². The average Bonchev–Trinajstić information content (AvgIpc) is 2.56. The second-order valence-corrected chi connectivity index (χ2v) is 4.59. The van der Waals surface area contributed by atoms with E-state index in [1.807, 2.05) is 0 Å². The van der Waals surface area contributed by atoms with Gasteiger partial charge in [0.05, 0.1) is 0 Å². The van der Waals surface area contributed by atoms with Gasteiger partial charge in [-0.1, -0.05) is 19.1 Å². The molecule has 2 N–H and O–H groups in total. The Hall–Kier alpha value is -1.02. The number of aryl methyl sites for hydroxylation is 1. The molecule has 2 nitrogen and oxygen atoms in total. The number of rotatable bonds is 2. The molecule has 0 aromatic heterocycles. The van der Waals surface area contributed by atoms with Crippen LogP contribution in [0.15, 0.2) is 18.2 Å². The average molecular weight is 204 g/mol. The molecule has 2 heteroatoms. The van der Waals surface area contributed by atoms with Crippen molar-refractivity contribution in [2.75, 3.05) is 18.5 Å². The number of fused-ring (bicyclic) bond motifs is 1. The third kappa shape index (κ3) is 1.74. The maximum absolute atomic E-state index is 6.04. The first-order valence-electron chi connectivity index (χ1n) is 5.73. The molecule has 0 fully saturated rings. The van der Waals surface area contributed by atoms with Crippen LogP contribution in [0, 0.1) is 0 Å². The van der Waals surface area contributed by atoms with E-state index in [0.717, 1.165) is 13.0 Å². The van der Waals surface area contributed by atoms with E-state index in [4.69, 9.17) is 5.73 Å². The number of hydrogen-bond donors (Lipinski definition) is 1. The van der Waals surface area contributed by atoms with E-state index >= 15 is 0 Å².